The van der Waals surface area contributed by atoms with Crippen LogP contribution < -0.4 is 10.6 Å². The van der Waals surface area contributed by atoms with E-state index in [1.165, 1.54) is 0 Å². The fraction of sp³-hybridized carbons (Fsp3) is 0.833. The molecule has 0 bridgehead atoms. The number of carbonyl (C=O) groups excluding carboxylic acids is 1. The number of rotatable bonds is 7. The molecule has 25 heavy (non-hydrogen) atoms. The van der Waals surface area contributed by atoms with Crippen LogP contribution in [0.5, 0.6) is 0 Å². The molecule has 2 heterocycles. The molecule has 2 atom stereocenters. The van der Waals surface area contributed by atoms with Crippen molar-refractivity contribution in [1.29, 1.82) is 0 Å². The minimum atomic E-state index is -0.197. The van der Waals surface area contributed by atoms with Crippen molar-refractivity contribution < 1.29 is 9.32 Å². The molecule has 1 aliphatic heterocycles. The van der Waals surface area contributed by atoms with Crippen LogP contribution in [0.1, 0.15) is 76.6 Å². The Morgan fingerprint density at radius 3 is 2.52 bits per heavy atom. The lowest BCUT2D eigenvalue weighted by molar-refractivity contribution is -0.123. The van der Waals surface area contributed by atoms with Crippen LogP contribution in [0.25, 0.3) is 0 Å². The lowest BCUT2D eigenvalue weighted by Crippen LogP contribution is -2.36. The Hall–Kier alpha value is -1.14. The molecule has 2 aliphatic rings. The van der Waals surface area contributed by atoms with E-state index in [2.05, 4.69) is 41.5 Å². The highest BCUT2D eigenvalue weighted by Gasteiger charge is 2.32. The molecule has 142 valence electrons. The quantitative estimate of drug-likeness (QED) is 0.770. The van der Waals surface area contributed by atoms with Crippen LogP contribution in [-0.4, -0.2) is 29.1 Å². The summed E-state index contributed by atoms with van der Waals surface area (Å²) in [6.07, 6.45) is 5.18. The van der Waals surface area contributed by atoms with E-state index in [9.17, 15) is 4.79 Å². The Bertz CT molecular complexity index is 553. The molecular weight excluding hydrogens is 340 g/mol. The number of carbonyl (C=O) groups is 1. The number of hydrogen-bond donors (Lipinski definition) is 2. The summed E-state index contributed by atoms with van der Waals surface area (Å²) >= 11 is 0. The zero-order valence-electron chi connectivity index (χ0n) is 15.5. The maximum Gasteiger partial charge on any atom is 0.249 e. The summed E-state index contributed by atoms with van der Waals surface area (Å²) in [5.41, 5.74) is 0. The Morgan fingerprint density at radius 1 is 1.24 bits per heavy atom. The average Bonchev–Trinajstić information content (AvgIpc) is 3.31. The minimum absolute atomic E-state index is 0. The summed E-state index contributed by atoms with van der Waals surface area (Å²) < 4.78 is 5.43. The zero-order chi connectivity index (χ0) is 17.1. The number of amides is 1. The maximum absolute atomic E-state index is 12.5. The number of aromatic nitrogens is 2. The second-order valence-electron chi connectivity index (χ2n) is 7.82. The largest absolute Gasteiger partial charge is 0.344 e. The molecule has 6 nitrogen and oxygen atoms in total. The molecule has 2 N–H and O–H groups in total. The standard InChI is InChI=1S/C18H30N4O2.ClH/c1-11(2)16(18-21-17(22-24-18)14-4-5-14)20-15(23)10-12(3)13-6-8-19-9-7-13;/h11-14,16,19H,4-10H2,1-3H3,(H,20,23);1H. The van der Waals surface area contributed by atoms with E-state index in [1.807, 2.05) is 0 Å². The Labute approximate surface area is 156 Å². The Morgan fingerprint density at radius 2 is 1.92 bits per heavy atom. The molecular formula is C18H31ClN4O2. The SMILES string of the molecule is CC(C)C(NC(=O)CC(C)C1CCNCC1)c1nc(C2CC2)no1.Cl. The van der Waals surface area contributed by atoms with Crippen LogP contribution in [0.15, 0.2) is 4.52 Å². The van der Waals surface area contributed by atoms with Crippen LogP contribution in [0.3, 0.4) is 0 Å². The molecule has 3 rings (SSSR count). The highest BCUT2D eigenvalue weighted by Crippen LogP contribution is 2.38. The maximum atomic E-state index is 12.5. The third kappa shape index (κ3) is 5.42. The van der Waals surface area contributed by atoms with Crippen LogP contribution in [0.2, 0.25) is 0 Å². The van der Waals surface area contributed by atoms with Gasteiger partial charge in [-0.1, -0.05) is 25.9 Å². The topological polar surface area (TPSA) is 80.0 Å². The number of hydrogen-bond acceptors (Lipinski definition) is 5. The van der Waals surface area contributed by atoms with Gasteiger partial charge in [0.15, 0.2) is 5.82 Å². The van der Waals surface area contributed by atoms with Crippen LogP contribution >= 0.6 is 12.4 Å². The molecule has 1 aromatic rings. The van der Waals surface area contributed by atoms with Crippen molar-refractivity contribution in [2.75, 3.05) is 13.1 Å². The summed E-state index contributed by atoms with van der Waals surface area (Å²) in [7, 11) is 0. The molecule has 1 amide bonds. The zero-order valence-corrected chi connectivity index (χ0v) is 16.3. The first-order valence-corrected chi connectivity index (χ1v) is 9.38. The van der Waals surface area contributed by atoms with Gasteiger partial charge in [0, 0.05) is 12.3 Å². The number of nitrogens with one attached hydrogen (secondary N) is 2. The molecule has 2 fully saturated rings. The molecule has 0 radical (unpaired) electrons. The van der Waals surface area contributed by atoms with Gasteiger partial charge >= 0.3 is 0 Å². The normalized spacial score (nSPS) is 20.8. The highest BCUT2D eigenvalue weighted by atomic mass is 35.5. The van der Waals surface area contributed by atoms with Crippen LogP contribution in [0.4, 0.5) is 0 Å². The van der Waals surface area contributed by atoms with Gasteiger partial charge in [0.05, 0.1) is 0 Å². The number of nitrogens with zero attached hydrogens (tertiary/aromatic N) is 2. The summed E-state index contributed by atoms with van der Waals surface area (Å²) in [5, 5.41) is 10.6. The molecule has 1 aliphatic carbocycles. The molecule has 1 saturated heterocycles. The molecule has 7 heteroatoms. The Kier molecular flexibility index (Phi) is 7.25. The monoisotopic (exact) mass is 370 g/mol. The first-order chi connectivity index (χ1) is 11.5. The first kappa shape index (κ1) is 20.2. The van der Waals surface area contributed by atoms with Gasteiger partial charge in [-0.15, -0.1) is 12.4 Å². The van der Waals surface area contributed by atoms with Crippen molar-refractivity contribution in [2.24, 2.45) is 17.8 Å². The predicted molar refractivity (Wildman–Crippen MR) is 98.6 cm³/mol. The lowest BCUT2D eigenvalue weighted by Gasteiger charge is -2.28. The van der Waals surface area contributed by atoms with Gasteiger partial charge < -0.3 is 15.2 Å². The van der Waals surface area contributed by atoms with Crippen molar-refractivity contribution in [3.63, 3.8) is 0 Å². The van der Waals surface area contributed by atoms with E-state index in [4.69, 9.17) is 4.52 Å². The summed E-state index contributed by atoms with van der Waals surface area (Å²) in [6, 6.07) is -0.197. The van der Waals surface area contributed by atoms with Gasteiger partial charge in [0.2, 0.25) is 11.8 Å². The van der Waals surface area contributed by atoms with Crippen molar-refractivity contribution in [3.8, 4) is 0 Å². The minimum Gasteiger partial charge on any atom is -0.344 e. The molecule has 1 saturated carbocycles. The summed E-state index contributed by atoms with van der Waals surface area (Å²) in [6.45, 7) is 8.47. The fourth-order valence-corrected chi connectivity index (χ4v) is 3.50. The third-order valence-corrected chi connectivity index (χ3v) is 5.35. The van der Waals surface area contributed by atoms with Crippen molar-refractivity contribution in [3.05, 3.63) is 11.7 Å². The molecule has 2 unspecified atom stereocenters. The van der Waals surface area contributed by atoms with Gasteiger partial charge in [-0.3, -0.25) is 4.79 Å². The van der Waals surface area contributed by atoms with Crippen molar-refractivity contribution in [2.45, 2.75) is 64.8 Å². The first-order valence-electron chi connectivity index (χ1n) is 9.38. The number of piperidine rings is 1. The molecule has 0 spiro atoms. The van der Waals surface area contributed by atoms with Crippen LogP contribution in [-0.2, 0) is 4.79 Å². The fourth-order valence-electron chi connectivity index (χ4n) is 3.50. The summed E-state index contributed by atoms with van der Waals surface area (Å²) in [5.74, 6) is 3.17. The van der Waals surface area contributed by atoms with Gasteiger partial charge in [-0.25, -0.2) is 0 Å². The smallest absolute Gasteiger partial charge is 0.249 e. The van der Waals surface area contributed by atoms with E-state index in [0.717, 1.165) is 44.6 Å². The van der Waals surface area contributed by atoms with Gasteiger partial charge in [-0.05, 0) is 56.5 Å². The van der Waals surface area contributed by atoms with Gasteiger partial charge in [0.25, 0.3) is 0 Å². The van der Waals surface area contributed by atoms with E-state index in [0.29, 0.717) is 30.1 Å². The van der Waals surface area contributed by atoms with Crippen molar-refractivity contribution in [1.82, 2.24) is 20.8 Å². The van der Waals surface area contributed by atoms with E-state index < -0.39 is 0 Å². The third-order valence-electron chi connectivity index (χ3n) is 5.35. The predicted octanol–water partition coefficient (Wildman–Crippen LogP) is 3.21. The van der Waals surface area contributed by atoms with E-state index in [1.54, 1.807) is 0 Å². The van der Waals surface area contributed by atoms with E-state index >= 15 is 0 Å². The Balaban J connectivity index is 0.00000225. The van der Waals surface area contributed by atoms with Crippen LogP contribution in [0, 0.1) is 17.8 Å². The summed E-state index contributed by atoms with van der Waals surface area (Å²) in [4.78, 5) is 17.0. The second kappa shape index (κ2) is 8.99. The molecule has 0 aromatic carbocycles. The average molecular weight is 371 g/mol. The van der Waals surface area contributed by atoms with E-state index in [-0.39, 0.29) is 30.3 Å². The number of halogens is 1. The lowest BCUT2D eigenvalue weighted by atomic mass is 9.84. The van der Waals surface area contributed by atoms with Crippen molar-refractivity contribution >= 4 is 18.3 Å². The highest BCUT2D eigenvalue weighted by molar-refractivity contribution is 5.85. The second-order valence-corrected chi connectivity index (χ2v) is 7.82. The van der Waals surface area contributed by atoms with Gasteiger partial charge in [-0.2, -0.15) is 4.98 Å². The molecule has 1 aromatic heterocycles. The van der Waals surface area contributed by atoms with Gasteiger partial charge in [0.1, 0.15) is 6.04 Å².